The van der Waals surface area contributed by atoms with Gasteiger partial charge in [-0.15, -0.1) is 0 Å². The van der Waals surface area contributed by atoms with Crippen LogP contribution >= 0.6 is 0 Å². The topological polar surface area (TPSA) is 50.8 Å². The monoisotopic (exact) mass is 286 g/mol. The van der Waals surface area contributed by atoms with E-state index >= 15 is 0 Å². The van der Waals surface area contributed by atoms with Gasteiger partial charge in [0.05, 0.1) is 25.4 Å². The highest BCUT2D eigenvalue weighted by molar-refractivity contribution is 5.78. The second kappa shape index (κ2) is 9.32. The molecule has 1 saturated heterocycles. The third-order valence-electron chi connectivity index (χ3n) is 3.27. The highest BCUT2D eigenvalue weighted by Gasteiger charge is 2.23. The fraction of sp³-hybridized carbons (Fsp3) is 0.933. The Kier molecular flexibility index (Phi) is 8.11. The average molecular weight is 286 g/mol. The van der Waals surface area contributed by atoms with Crippen LogP contribution in [0.1, 0.15) is 34.1 Å². The van der Waals surface area contributed by atoms with Gasteiger partial charge in [0.25, 0.3) is 0 Å². The first-order valence-corrected chi connectivity index (χ1v) is 7.69. The van der Waals surface area contributed by atoms with E-state index in [1.807, 2.05) is 13.8 Å². The zero-order valence-electron chi connectivity index (χ0n) is 13.4. The molecular weight excluding hydrogens is 256 g/mol. The zero-order valence-corrected chi connectivity index (χ0v) is 13.4. The summed E-state index contributed by atoms with van der Waals surface area (Å²) < 4.78 is 11.1. The van der Waals surface area contributed by atoms with Crippen molar-refractivity contribution in [2.24, 2.45) is 5.92 Å². The van der Waals surface area contributed by atoms with Gasteiger partial charge in [-0.05, 0) is 26.2 Å². The molecule has 0 spiro atoms. The predicted octanol–water partition coefficient (Wildman–Crippen LogP) is 1.27. The standard InChI is InChI=1S/C15H30N2O3/c1-12(2)5-7-19-8-6-16-15(18)11-17-9-13(3)20-14(4)10-17/h12-14H,5-11H2,1-4H3,(H,16,18). The molecule has 1 aliphatic heterocycles. The van der Waals surface area contributed by atoms with Gasteiger partial charge in [0.2, 0.25) is 5.91 Å². The number of morpholine rings is 1. The van der Waals surface area contributed by atoms with E-state index < -0.39 is 0 Å². The van der Waals surface area contributed by atoms with Gasteiger partial charge in [-0.25, -0.2) is 0 Å². The normalized spacial score (nSPS) is 24.1. The summed E-state index contributed by atoms with van der Waals surface area (Å²) >= 11 is 0. The molecule has 0 aromatic heterocycles. The number of carbonyl (C=O) groups is 1. The number of carbonyl (C=O) groups excluding carboxylic acids is 1. The van der Waals surface area contributed by atoms with Crippen LogP contribution in [-0.2, 0) is 14.3 Å². The molecule has 1 aliphatic rings. The lowest BCUT2D eigenvalue weighted by molar-refractivity contribution is -0.126. The van der Waals surface area contributed by atoms with Gasteiger partial charge in [-0.2, -0.15) is 0 Å². The molecule has 5 nitrogen and oxygen atoms in total. The second-order valence-electron chi connectivity index (χ2n) is 6.10. The largest absolute Gasteiger partial charge is 0.380 e. The molecule has 1 amide bonds. The van der Waals surface area contributed by atoms with Gasteiger partial charge < -0.3 is 14.8 Å². The van der Waals surface area contributed by atoms with Crippen LogP contribution in [0, 0.1) is 5.92 Å². The van der Waals surface area contributed by atoms with E-state index in [1.165, 1.54) is 0 Å². The summed E-state index contributed by atoms with van der Waals surface area (Å²) in [7, 11) is 0. The lowest BCUT2D eigenvalue weighted by Crippen LogP contribution is -2.49. The third-order valence-corrected chi connectivity index (χ3v) is 3.27. The number of hydrogen-bond donors (Lipinski definition) is 1. The van der Waals surface area contributed by atoms with Crippen LogP contribution in [0.25, 0.3) is 0 Å². The van der Waals surface area contributed by atoms with E-state index in [0.29, 0.717) is 25.6 Å². The van der Waals surface area contributed by atoms with Crippen LogP contribution < -0.4 is 5.32 Å². The minimum atomic E-state index is 0.0683. The van der Waals surface area contributed by atoms with Gasteiger partial charge in [0, 0.05) is 26.2 Å². The Labute approximate surface area is 123 Å². The van der Waals surface area contributed by atoms with E-state index in [4.69, 9.17) is 9.47 Å². The molecule has 0 bridgehead atoms. The van der Waals surface area contributed by atoms with Crippen LogP contribution in [-0.4, -0.2) is 62.4 Å². The van der Waals surface area contributed by atoms with E-state index in [1.54, 1.807) is 0 Å². The Balaban J connectivity index is 2.05. The van der Waals surface area contributed by atoms with E-state index in [2.05, 4.69) is 24.1 Å². The Bertz CT molecular complexity index is 274. The fourth-order valence-electron chi connectivity index (χ4n) is 2.36. The lowest BCUT2D eigenvalue weighted by atomic mass is 10.1. The van der Waals surface area contributed by atoms with E-state index in [-0.39, 0.29) is 18.1 Å². The summed E-state index contributed by atoms with van der Waals surface area (Å²) in [4.78, 5) is 14.0. The van der Waals surface area contributed by atoms with Crippen LogP contribution in [0.2, 0.25) is 0 Å². The molecule has 118 valence electrons. The zero-order chi connectivity index (χ0) is 15.0. The molecule has 20 heavy (non-hydrogen) atoms. The molecule has 1 rings (SSSR count). The maximum Gasteiger partial charge on any atom is 0.234 e. The first kappa shape index (κ1) is 17.4. The maximum absolute atomic E-state index is 11.8. The highest BCUT2D eigenvalue weighted by atomic mass is 16.5. The van der Waals surface area contributed by atoms with Crippen molar-refractivity contribution in [1.82, 2.24) is 10.2 Å². The van der Waals surface area contributed by atoms with Crippen molar-refractivity contribution >= 4 is 5.91 Å². The molecule has 5 heteroatoms. The van der Waals surface area contributed by atoms with Crippen molar-refractivity contribution < 1.29 is 14.3 Å². The number of rotatable bonds is 8. The molecule has 1 heterocycles. The summed E-state index contributed by atoms with van der Waals surface area (Å²) in [6.07, 6.45) is 1.47. The van der Waals surface area contributed by atoms with Gasteiger partial charge in [-0.1, -0.05) is 13.8 Å². The molecule has 2 unspecified atom stereocenters. The number of hydrogen-bond acceptors (Lipinski definition) is 4. The predicted molar refractivity (Wildman–Crippen MR) is 79.7 cm³/mol. The molecule has 1 N–H and O–H groups in total. The Morgan fingerprint density at radius 1 is 1.30 bits per heavy atom. The minimum Gasteiger partial charge on any atom is -0.380 e. The number of ether oxygens (including phenoxy) is 2. The lowest BCUT2D eigenvalue weighted by Gasteiger charge is -2.34. The van der Waals surface area contributed by atoms with Gasteiger partial charge in [-0.3, -0.25) is 9.69 Å². The van der Waals surface area contributed by atoms with Crippen LogP contribution in [0.15, 0.2) is 0 Å². The van der Waals surface area contributed by atoms with E-state index in [0.717, 1.165) is 26.1 Å². The Morgan fingerprint density at radius 2 is 1.95 bits per heavy atom. The second-order valence-corrected chi connectivity index (χ2v) is 6.10. The minimum absolute atomic E-state index is 0.0683. The first-order chi connectivity index (χ1) is 9.47. The van der Waals surface area contributed by atoms with Crippen LogP contribution in [0.5, 0.6) is 0 Å². The van der Waals surface area contributed by atoms with Crippen molar-refractivity contribution in [3.05, 3.63) is 0 Å². The van der Waals surface area contributed by atoms with Crippen molar-refractivity contribution in [3.8, 4) is 0 Å². The highest BCUT2D eigenvalue weighted by Crippen LogP contribution is 2.09. The van der Waals surface area contributed by atoms with Gasteiger partial charge in [0.15, 0.2) is 0 Å². The van der Waals surface area contributed by atoms with Crippen molar-refractivity contribution in [2.45, 2.75) is 46.3 Å². The smallest absolute Gasteiger partial charge is 0.234 e. The summed E-state index contributed by atoms with van der Waals surface area (Å²) in [5, 5.41) is 2.90. The maximum atomic E-state index is 11.8. The number of amides is 1. The molecule has 2 atom stereocenters. The first-order valence-electron chi connectivity index (χ1n) is 7.69. The van der Waals surface area contributed by atoms with E-state index in [9.17, 15) is 4.79 Å². The average Bonchev–Trinajstić information content (AvgIpc) is 2.31. The number of nitrogens with zero attached hydrogens (tertiary/aromatic N) is 1. The van der Waals surface area contributed by atoms with Gasteiger partial charge >= 0.3 is 0 Å². The summed E-state index contributed by atoms with van der Waals surface area (Å²) in [6.45, 7) is 12.5. The summed E-state index contributed by atoms with van der Waals surface area (Å²) in [5.74, 6) is 0.730. The molecule has 0 radical (unpaired) electrons. The van der Waals surface area contributed by atoms with Crippen molar-refractivity contribution in [3.63, 3.8) is 0 Å². The fourth-order valence-corrected chi connectivity index (χ4v) is 2.36. The molecule has 0 aromatic carbocycles. The number of nitrogens with one attached hydrogen (secondary N) is 1. The molecular formula is C15H30N2O3. The molecule has 1 fully saturated rings. The van der Waals surface area contributed by atoms with Gasteiger partial charge in [0.1, 0.15) is 0 Å². The summed E-state index contributed by atoms with van der Waals surface area (Å²) in [6, 6.07) is 0. The summed E-state index contributed by atoms with van der Waals surface area (Å²) in [5.41, 5.74) is 0. The Hall–Kier alpha value is -0.650. The van der Waals surface area contributed by atoms with Crippen LogP contribution in [0.3, 0.4) is 0 Å². The third kappa shape index (κ3) is 7.82. The molecule has 0 saturated carbocycles. The van der Waals surface area contributed by atoms with Crippen LogP contribution in [0.4, 0.5) is 0 Å². The quantitative estimate of drug-likeness (QED) is 0.683. The van der Waals surface area contributed by atoms with Crippen molar-refractivity contribution in [1.29, 1.82) is 0 Å². The molecule has 0 aliphatic carbocycles. The Morgan fingerprint density at radius 3 is 2.55 bits per heavy atom. The van der Waals surface area contributed by atoms with Crippen molar-refractivity contribution in [2.75, 3.05) is 39.4 Å². The molecule has 0 aromatic rings. The SMILES string of the molecule is CC(C)CCOCCNC(=O)CN1CC(C)OC(C)C1.